The van der Waals surface area contributed by atoms with Crippen LogP contribution in [0.25, 0.3) is 0 Å². The molecular weight excluding hydrogens is 258 g/mol. The quantitative estimate of drug-likeness (QED) is 0.732. The second-order valence-electron chi connectivity index (χ2n) is 5.57. The molecule has 2 unspecified atom stereocenters. The first-order valence-electron chi connectivity index (χ1n) is 7.05. The van der Waals surface area contributed by atoms with Gasteiger partial charge in [-0.25, -0.2) is 0 Å². The Kier molecular flexibility index (Phi) is 7.61. The summed E-state index contributed by atoms with van der Waals surface area (Å²) >= 11 is 1.73. The van der Waals surface area contributed by atoms with Gasteiger partial charge in [-0.3, -0.25) is 0 Å². The molecule has 19 heavy (non-hydrogen) atoms. The summed E-state index contributed by atoms with van der Waals surface area (Å²) in [6, 6.07) is 4.43. The summed E-state index contributed by atoms with van der Waals surface area (Å²) in [5.74, 6) is 0.629. The van der Waals surface area contributed by atoms with Gasteiger partial charge in [-0.05, 0) is 37.6 Å². The number of aliphatic hydroxyl groups excluding tert-OH is 1. The Bertz CT molecular complexity index is 327. The van der Waals surface area contributed by atoms with Crippen molar-refractivity contribution in [3.05, 3.63) is 22.4 Å². The number of aliphatic hydroxyl groups is 1. The Morgan fingerprint density at radius 2 is 2.05 bits per heavy atom. The Morgan fingerprint density at radius 3 is 2.63 bits per heavy atom. The van der Waals surface area contributed by atoms with E-state index in [0.29, 0.717) is 19.1 Å². The molecule has 110 valence electrons. The van der Waals surface area contributed by atoms with Gasteiger partial charge in [0.15, 0.2) is 0 Å². The van der Waals surface area contributed by atoms with Gasteiger partial charge >= 0.3 is 0 Å². The molecule has 0 saturated carbocycles. The van der Waals surface area contributed by atoms with Gasteiger partial charge in [0.25, 0.3) is 0 Å². The molecule has 0 aliphatic rings. The third kappa shape index (κ3) is 7.06. The first-order valence-corrected chi connectivity index (χ1v) is 7.93. The van der Waals surface area contributed by atoms with Crippen LogP contribution in [0, 0.1) is 5.92 Å². The van der Waals surface area contributed by atoms with Gasteiger partial charge in [-0.15, -0.1) is 11.3 Å². The van der Waals surface area contributed by atoms with E-state index in [-0.39, 0.29) is 12.1 Å². The maximum atomic E-state index is 9.89. The Balaban J connectivity index is 2.15. The third-order valence-electron chi connectivity index (χ3n) is 3.01. The van der Waals surface area contributed by atoms with Crippen molar-refractivity contribution in [2.45, 2.75) is 52.4 Å². The van der Waals surface area contributed by atoms with Crippen LogP contribution in [0.5, 0.6) is 0 Å². The fraction of sp³-hybridized carbons (Fsp3) is 0.733. The van der Waals surface area contributed by atoms with E-state index in [4.69, 9.17) is 4.74 Å². The number of nitrogens with one attached hydrogen (secondary N) is 1. The first kappa shape index (κ1) is 16.6. The smallest absolute Gasteiger partial charge is 0.0898 e. The van der Waals surface area contributed by atoms with Crippen LogP contribution in [0.2, 0.25) is 0 Å². The Labute approximate surface area is 121 Å². The zero-order valence-corrected chi connectivity index (χ0v) is 13.2. The summed E-state index contributed by atoms with van der Waals surface area (Å²) in [5.41, 5.74) is 0. The van der Waals surface area contributed by atoms with Gasteiger partial charge in [0.1, 0.15) is 0 Å². The number of hydrogen-bond donors (Lipinski definition) is 2. The van der Waals surface area contributed by atoms with Crippen LogP contribution in [0.1, 0.15) is 45.0 Å². The van der Waals surface area contributed by atoms with E-state index in [0.717, 1.165) is 6.42 Å². The summed E-state index contributed by atoms with van der Waals surface area (Å²) < 4.78 is 5.65. The van der Waals surface area contributed by atoms with Crippen molar-refractivity contribution in [3.8, 4) is 0 Å². The van der Waals surface area contributed by atoms with Gasteiger partial charge in [-0.1, -0.05) is 19.9 Å². The summed E-state index contributed by atoms with van der Waals surface area (Å²) in [6.07, 6.45) is 0.799. The molecule has 0 aliphatic heterocycles. The predicted molar refractivity (Wildman–Crippen MR) is 81.6 cm³/mol. The number of thiophene rings is 1. The van der Waals surface area contributed by atoms with Crippen LogP contribution in [0.3, 0.4) is 0 Å². The molecule has 3 atom stereocenters. The lowest BCUT2D eigenvalue weighted by Crippen LogP contribution is -2.33. The zero-order chi connectivity index (χ0) is 14.3. The molecule has 0 saturated heterocycles. The molecule has 0 aromatic carbocycles. The highest BCUT2D eigenvalue weighted by atomic mass is 32.1. The molecule has 0 fully saturated rings. The summed E-state index contributed by atoms with van der Waals surface area (Å²) in [7, 11) is 0. The first-order chi connectivity index (χ1) is 8.99. The number of hydrogen-bond acceptors (Lipinski definition) is 4. The topological polar surface area (TPSA) is 41.5 Å². The van der Waals surface area contributed by atoms with Crippen molar-refractivity contribution in [1.29, 1.82) is 0 Å². The average molecular weight is 285 g/mol. The minimum absolute atomic E-state index is 0.212. The Hall–Kier alpha value is -0.420. The van der Waals surface area contributed by atoms with E-state index in [1.54, 1.807) is 11.3 Å². The number of rotatable bonds is 9. The van der Waals surface area contributed by atoms with Crippen molar-refractivity contribution < 1.29 is 9.84 Å². The molecule has 2 N–H and O–H groups in total. The van der Waals surface area contributed by atoms with Crippen LogP contribution >= 0.6 is 11.3 Å². The monoisotopic (exact) mass is 285 g/mol. The summed E-state index contributed by atoms with van der Waals surface area (Å²) in [5, 5.41) is 15.3. The highest BCUT2D eigenvalue weighted by Gasteiger charge is 2.12. The second kappa shape index (κ2) is 8.69. The van der Waals surface area contributed by atoms with E-state index in [1.165, 1.54) is 4.88 Å². The Morgan fingerprint density at radius 1 is 1.32 bits per heavy atom. The van der Waals surface area contributed by atoms with Crippen LogP contribution in [0.15, 0.2) is 17.5 Å². The van der Waals surface area contributed by atoms with Gasteiger partial charge in [0, 0.05) is 17.5 Å². The fourth-order valence-corrected chi connectivity index (χ4v) is 2.78. The van der Waals surface area contributed by atoms with Crippen LogP contribution in [-0.4, -0.2) is 30.5 Å². The van der Waals surface area contributed by atoms with Crippen molar-refractivity contribution in [3.63, 3.8) is 0 Å². The van der Waals surface area contributed by atoms with E-state index >= 15 is 0 Å². The van der Waals surface area contributed by atoms with E-state index < -0.39 is 6.10 Å². The van der Waals surface area contributed by atoms with E-state index in [1.807, 2.05) is 6.07 Å². The highest BCUT2D eigenvalue weighted by molar-refractivity contribution is 7.10. The zero-order valence-electron chi connectivity index (χ0n) is 12.4. The molecule has 0 spiro atoms. The predicted octanol–water partition coefficient (Wildman–Crippen LogP) is 3.21. The molecule has 0 radical (unpaired) electrons. The molecule has 1 aromatic heterocycles. The fourth-order valence-electron chi connectivity index (χ4n) is 2.02. The van der Waals surface area contributed by atoms with Crippen molar-refractivity contribution in [2.24, 2.45) is 5.92 Å². The molecule has 4 heteroatoms. The maximum Gasteiger partial charge on any atom is 0.0898 e. The second-order valence-corrected chi connectivity index (χ2v) is 6.55. The van der Waals surface area contributed by atoms with E-state index in [9.17, 15) is 5.11 Å². The lowest BCUT2D eigenvalue weighted by atomic mass is 10.1. The highest BCUT2D eigenvalue weighted by Crippen LogP contribution is 2.17. The largest absolute Gasteiger partial charge is 0.389 e. The molecule has 0 amide bonds. The molecular formula is C15H27NO2S. The summed E-state index contributed by atoms with van der Waals surface area (Å²) in [6.45, 7) is 9.50. The van der Waals surface area contributed by atoms with Crippen molar-refractivity contribution in [1.82, 2.24) is 5.32 Å². The van der Waals surface area contributed by atoms with Gasteiger partial charge < -0.3 is 15.2 Å². The molecule has 0 bridgehead atoms. The van der Waals surface area contributed by atoms with Crippen LogP contribution < -0.4 is 5.32 Å². The molecule has 1 aromatic rings. The standard InChI is InChI=1S/C15H27NO2S/c1-11(2)8-12(3)18-10-14(17)9-16-13(4)15-6-5-7-19-15/h5-7,11-14,16-17H,8-10H2,1-4H3/t12?,13-,14?/m1/s1. The van der Waals surface area contributed by atoms with Crippen molar-refractivity contribution in [2.75, 3.05) is 13.2 Å². The molecule has 0 aliphatic carbocycles. The molecule has 1 rings (SSSR count). The van der Waals surface area contributed by atoms with Crippen LogP contribution in [0.4, 0.5) is 0 Å². The maximum absolute atomic E-state index is 9.89. The number of ether oxygens (including phenoxy) is 1. The molecule has 3 nitrogen and oxygen atoms in total. The SMILES string of the molecule is CC(C)CC(C)OCC(O)CN[C@H](C)c1cccs1. The molecule has 1 heterocycles. The van der Waals surface area contributed by atoms with Crippen LogP contribution in [-0.2, 0) is 4.74 Å². The minimum Gasteiger partial charge on any atom is -0.389 e. The van der Waals surface area contributed by atoms with Crippen molar-refractivity contribution >= 4 is 11.3 Å². The lowest BCUT2D eigenvalue weighted by Gasteiger charge is -2.19. The summed E-state index contributed by atoms with van der Waals surface area (Å²) in [4.78, 5) is 1.29. The van der Waals surface area contributed by atoms with Gasteiger partial charge in [-0.2, -0.15) is 0 Å². The van der Waals surface area contributed by atoms with E-state index in [2.05, 4.69) is 44.5 Å². The average Bonchev–Trinajstić information content (AvgIpc) is 2.86. The van der Waals surface area contributed by atoms with Gasteiger partial charge in [0.05, 0.1) is 18.8 Å². The third-order valence-corrected chi connectivity index (χ3v) is 4.06. The van der Waals surface area contributed by atoms with Gasteiger partial charge in [0.2, 0.25) is 0 Å². The lowest BCUT2D eigenvalue weighted by molar-refractivity contribution is -0.00911. The normalized spacial score (nSPS) is 16.5. The minimum atomic E-state index is -0.447.